The van der Waals surface area contributed by atoms with E-state index in [1.807, 2.05) is 6.92 Å². The Morgan fingerprint density at radius 2 is 2.03 bits per heavy atom. The summed E-state index contributed by atoms with van der Waals surface area (Å²) in [5.41, 5.74) is -0.887. The molecule has 2 heterocycles. The second-order valence-corrected chi connectivity index (χ2v) is 9.91. The predicted molar refractivity (Wildman–Crippen MR) is 120 cm³/mol. The highest BCUT2D eigenvalue weighted by Gasteiger charge is 2.33. The van der Waals surface area contributed by atoms with E-state index in [-0.39, 0.29) is 42.3 Å². The lowest BCUT2D eigenvalue weighted by Crippen LogP contribution is -2.49. The molecule has 1 aliphatic rings. The molecule has 0 saturated carbocycles. The van der Waals surface area contributed by atoms with Crippen molar-refractivity contribution in [3.05, 3.63) is 16.1 Å². The van der Waals surface area contributed by atoms with Crippen LogP contribution in [0.25, 0.3) is 0 Å². The summed E-state index contributed by atoms with van der Waals surface area (Å²) in [6, 6.07) is 0.175. The van der Waals surface area contributed by atoms with Crippen LogP contribution in [-0.2, 0) is 22.6 Å². The molecule has 1 aromatic heterocycles. The average Bonchev–Trinajstić information content (AvgIpc) is 3.08. The third-order valence-electron chi connectivity index (χ3n) is 4.27. The Kier molecular flexibility index (Phi) is 10.6. The summed E-state index contributed by atoms with van der Waals surface area (Å²) in [6.45, 7) is 4.72. The van der Waals surface area contributed by atoms with Gasteiger partial charge in [-0.15, -0.1) is 35.3 Å². The third kappa shape index (κ3) is 9.79. The Morgan fingerprint density at radius 3 is 2.55 bits per heavy atom. The summed E-state index contributed by atoms with van der Waals surface area (Å²) >= 11 is 0.941. The van der Waals surface area contributed by atoms with Crippen molar-refractivity contribution in [2.24, 2.45) is 4.99 Å². The van der Waals surface area contributed by atoms with Gasteiger partial charge < -0.3 is 15.5 Å². The number of halogens is 4. The van der Waals surface area contributed by atoms with Crippen molar-refractivity contribution in [2.75, 3.05) is 38.2 Å². The van der Waals surface area contributed by atoms with Crippen LogP contribution in [0.4, 0.5) is 13.2 Å². The van der Waals surface area contributed by atoms with Gasteiger partial charge in [0.2, 0.25) is 0 Å². The number of sulfone groups is 1. The van der Waals surface area contributed by atoms with Gasteiger partial charge in [-0.1, -0.05) is 0 Å². The SMILES string of the molecule is CCNC(=NCc1nc(C(F)(F)F)cs1)NC1CCN(CCS(C)(=O)=O)CC1.I. The minimum Gasteiger partial charge on any atom is -0.357 e. The zero-order valence-electron chi connectivity index (χ0n) is 16.3. The Bertz CT molecular complexity index is 763. The van der Waals surface area contributed by atoms with Crippen LogP contribution in [0.2, 0.25) is 0 Å². The number of thiazole rings is 1. The first-order chi connectivity index (χ1) is 13.1. The maximum atomic E-state index is 12.6. The quantitative estimate of drug-likeness (QED) is 0.298. The van der Waals surface area contributed by atoms with Gasteiger partial charge >= 0.3 is 6.18 Å². The van der Waals surface area contributed by atoms with Crippen molar-refractivity contribution >= 4 is 51.1 Å². The normalized spacial score (nSPS) is 17.1. The first-order valence-corrected chi connectivity index (χ1v) is 12.0. The van der Waals surface area contributed by atoms with E-state index in [0.29, 0.717) is 24.1 Å². The van der Waals surface area contributed by atoms with Crippen molar-refractivity contribution in [1.29, 1.82) is 0 Å². The Hall–Kier alpha value is -0.670. The van der Waals surface area contributed by atoms with E-state index in [2.05, 4.69) is 25.5 Å². The van der Waals surface area contributed by atoms with E-state index in [9.17, 15) is 21.6 Å². The molecular formula is C16H27F3IN5O2S2. The average molecular weight is 569 g/mol. The number of piperidine rings is 1. The molecule has 0 spiro atoms. The molecule has 0 aliphatic carbocycles. The summed E-state index contributed by atoms with van der Waals surface area (Å²) in [5.74, 6) is 0.698. The first-order valence-electron chi connectivity index (χ1n) is 9.03. The molecule has 1 aromatic rings. The second kappa shape index (κ2) is 11.6. The lowest BCUT2D eigenvalue weighted by molar-refractivity contribution is -0.140. The number of hydrogen-bond acceptors (Lipinski definition) is 6. The fraction of sp³-hybridized carbons (Fsp3) is 0.750. The van der Waals surface area contributed by atoms with Crippen LogP contribution < -0.4 is 10.6 Å². The van der Waals surface area contributed by atoms with Gasteiger partial charge in [-0.25, -0.2) is 18.4 Å². The zero-order chi connectivity index (χ0) is 20.8. The molecule has 0 bridgehead atoms. The topological polar surface area (TPSA) is 86.7 Å². The molecule has 0 unspecified atom stereocenters. The summed E-state index contributed by atoms with van der Waals surface area (Å²) in [5, 5.41) is 7.70. The van der Waals surface area contributed by atoms with E-state index >= 15 is 0 Å². The molecule has 7 nitrogen and oxygen atoms in total. The number of aromatic nitrogens is 1. The summed E-state index contributed by atoms with van der Waals surface area (Å²) in [7, 11) is -2.97. The number of nitrogens with zero attached hydrogens (tertiary/aromatic N) is 3. The van der Waals surface area contributed by atoms with Crippen LogP contribution in [0, 0.1) is 0 Å². The highest BCUT2D eigenvalue weighted by Crippen LogP contribution is 2.30. The fourth-order valence-corrected chi connectivity index (χ4v) is 4.08. The van der Waals surface area contributed by atoms with Gasteiger partial charge in [-0.3, -0.25) is 0 Å². The number of alkyl halides is 3. The van der Waals surface area contributed by atoms with Gasteiger partial charge in [0.1, 0.15) is 14.8 Å². The van der Waals surface area contributed by atoms with Crippen molar-refractivity contribution in [1.82, 2.24) is 20.5 Å². The number of likely N-dealkylation sites (tertiary alicyclic amines) is 1. The van der Waals surface area contributed by atoms with Gasteiger partial charge in [0.25, 0.3) is 0 Å². The van der Waals surface area contributed by atoms with Gasteiger partial charge in [0, 0.05) is 43.9 Å². The molecule has 0 atom stereocenters. The number of aliphatic imine (C=N–C) groups is 1. The standard InChI is InChI=1S/C16H26F3N5O2S2.HI/c1-3-20-15(21-10-14-23-13(11-27-14)16(17,18)19)22-12-4-6-24(7-5-12)8-9-28(2,25)26;/h11-12H,3-10H2,1-2H3,(H2,20,21,22);1H. The first kappa shape index (κ1) is 26.4. The van der Waals surface area contributed by atoms with Crippen LogP contribution in [0.5, 0.6) is 0 Å². The van der Waals surface area contributed by atoms with Crippen molar-refractivity contribution in [3.63, 3.8) is 0 Å². The molecule has 29 heavy (non-hydrogen) atoms. The third-order valence-corrected chi connectivity index (χ3v) is 6.02. The molecule has 1 saturated heterocycles. The molecule has 0 radical (unpaired) electrons. The van der Waals surface area contributed by atoms with E-state index in [4.69, 9.17) is 0 Å². The monoisotopic (exact) mass is 569 g/mol. The highest BCUT2D eigenvalue weighted by molar-refractivity contribution is 14.0. The maximum absolute atomic E-state index is 12.6. The fourth-order valence-electron chi connectivity index (χ4n) is 2.77. The molecule has 0 aromatic carbocycles. The van der Waals surface area contributed by atoms with Crippen LogP contribution in [-0.4, -0.2) is 68.5 Å². The van der Waals surface area contributed by atoms with Crippen molar-refractivity contribution in [2.45, 2.75) is 38.5 Å². The van der Waals surface area contributed by atoms with E-state index in [1.54, 1.807) is 0 Å². The Labute approximate surface area is 190 Å². The van der Waals surface area contributed by atoms with Crippen molar-refractivity contribution < 1.29 is 21.6 Å². The lowest BCUT2D eigenvalue weighted by Gasteiger charge is -2.32. The molecule has 168 valence electrons. The van der Waals surface area contributed by atoms with E-state index in [0.717, 1.165) is 42.6 Å². The largest absolute Gasteiger partial charge is 0.434 e. The molecule has 1 fully saturated rings. The van der Waals surface area contributed by atoms with Gasteiger partial charge in [-0.05, 0) is 19.8 Å². The molecule has 2 N–H and O–H groups in total. The van der Waals surface area contributed by atoms with Gasteiger partial charge in [0.05, 0.1) is 12.3 Å². The van der Waals surface area contributed by atoms with Crippen LogP contribution in [0.15, 0.2) is 10.4 Å². The van der Waals surface area contributed by atoms with Crippen LogP contribution in [0.1, 0.15) is 30.5 Å². The number of nitrogens with one attached hydrogen (secondary N) is 2. The van der Waals surface area contributed by atoms with E-state index < -0.39 is 21.7 Å². The van der Waals surface area contributed by atoms with Gasteiger partial charge in [-0.2, -0.15) is 13.2 Å². The minimum absolute atomic E-state index is 0. The zero-order valence-corrected chi connectivity index (χ0v) is 20.3. The summed E-state index contributed by atoms with van der Waals surface area (Å²) < 4.78 is 60.4. The van der Waals surface area contributed by atoms with E-state index in [1.165, 1.54) is 6.26 Å². The minimum atomic E-state index is -4.44. The Morgan fingerprint density at radius 1 is 1.38 bits per heavy atom. The second-order valence-electron chi connectivity index (χ2n) is 6.71. The lowest BCUT2D eigenvalue weighted by atomic mass is 10.1. The number of hydrogen-bond donors (Lipinski definition) is 2. The van der Waals surface area contributed by atoms with Crippen LogP contribution >= 0.6 is 35.3 Å². The maximum Gasteiger partial charge on any atom is 0.434 e. The number of rotatable bonds is 7. The molecule has 13 heteroatoms. The molecule has 1 aliphatic heterocycles. The number of guanidine groups is 1. The van der Waals surface area contributed by atoms with Crippen LogP contribution in [0.3, 0.4) is 0 Å². The van der Waals surface area contributed by atoms with Gasteiger partial charge in [0.15, 0.2) is 11.7 Å². The predicted octanol–water partition coefficient (Wildman–Crippen LogP) is 2.34. The molecule has 2 rings (SSSR count). The molecule has 0 amide bonds. The smallest absolute Gasteiger partial charge is 0.357 e. The highest BCUT2D eigenvalue weighted by atomic mass is 127. The summed E-state index contributed by atoms with van der Waals surface area (Å²) in [4.78, 5) is 10.1. The Balaban J connectivity index is 0.00000420. The van der Waals surface area contributed by atoms with Crippen molar-refractivity contribution in [3.8, 4) is 0 Å². The molecular weight excluding hydrogens is 542 g/mol. The summed E-state index contributed by atoms with van der Waals surface area (Å²) in [6.07, 6.45) is -1.53.